The lowest BCUT2D eigenvalue weighted by molar-refractivity contribution is 0.0650. The van der Waals surface area contributed by atoms with Gasteiger partial charge < -0.3 is 14.5 Å². The molecule has 2 fully saturated rings. The molecule has 2 saturated heterocycles. The second kappa shape index (κ2) is 5.14. The van der Waals surface area contributed by atoms with Crippen LogP contribution in [0.4, 0.5) is 0 Å². The Kier molecular flexibility index (Phi) is 3.47. The summed E-state index contributed by atoms with van der Waals surface area (Å²) in [6.45, 7) is 4.71. The number of carbonyl (C=O) groups excluding carboxylic acids is 1. The molecular weight excluding hydrogens is 258 g/mol. The molecule has 2 aliphatic heterocycles. The second-order valence-corrected chi connectivity index (χ2v) is 6.01. The van der Waals surface area contributed by atoms with Crippen LogP contribution >= 0.6 is 0 Å². The Labute approximate surface area is 118 Å². The molecule has 7 heteroatoms. The van der Waals surface area contributed by atoms with Gasteiger partial charge in [-0.3, -0.25) is 9.48 Å². The van der Waals surface area contributed by atoms with Crippen molar-refractivity contribution in [3.8, 4) is 0 Å². The molecule has 0 aliphatic carbocycles. The zero-order valence-corrected chi connectivity index (χ0v) is 12.1. The Morgan fingerprint density at radius 1 is 1.35 bits per heavy atom. The monoisotopic (exact) mass is 279 g/mol. The van der Waals surface area contributed by atoms with Crippen LogP contribution in [0, 0.1) is 5.41 Å². The van der Waals surface area contributed by atoms with Crippen molar-refractivity contribution in [1.82, 2.24) is 24.6 Å². The zero-order valence-electron chi connectivity index (χ0n) is 12.1. The van der Waals surface area contributed by atoms with Gasteiger partial charge in [-0.05, 0) is 20.0 Å². The Hall–Kier alpha value is -1.47. The smallest absolute Gasteiger partial charge is 0.293 e. The lowest BCUT2D eigenvalue weighted by Gasteiger charge is -2.31. The van der Waals surface area contributed by atoms with Crippen molar-refractivity contribution in [2.45, 2.75) is 6.42 Å². The van der Waals surface area contributed by atoms with Crippen LogP contribution in [-0.2, 0) is 11.8 Å². The fraction of sp³-hybridized carbons (Fsp3) is 0.769. The third kappa shape index (κ3) is 2.55. The van der Waals surface area contributed by atoms with Crippen molar-refractivity contribution in [1.29, 1.82) is 0 Å². The highest BCUT2D eigenvalue weighted by atomic mass is 16.5. The van der Waals surface area contributed by atoms with Crippen molar-refractivity contribution in [2.75, 3.05) is 46.4 Å². The van der Waals surface area contributed by atoms with E-state index in [4.69, 9.17) is 4.74 Å². The highest BCUT2D eigenvalue weighted by molar-refractivity contribution is 5.90. The summed E-state index contributed by atoms with van der Waals surface area (Å²) in [5.41, 5.74) is 0.0652. The Morgan fingerprint density at radius 3 is 2.85 bits per heavy atom. The number of aromatic nitrogens is 3. The number of ether oxygens (including phenoxy) is 1. The predicted molar refractivity (Wildman–Crippen MR) is 72.3 cm³/mol. The molecule has 0 N–H and O–H groups in total. The van der Waals surface area contributed by atoms with Crippen molar-refractivity contribution < 1.29 is 9.53 Å². The van der Waals surface area contributed by atoms with Crippen molar-refractivity contribution >= 4 is 5.91 Å². The highest BCUT2D eigenvalue weighted by Gasteiger charge is 2.41. The van der Waals surface area contributed by atoms with Gasteiger partial charge in [-0.1, -0.05) is 0 Å². The molecule has 7 nitrogen and oxygen atoms in total. The largest absolute Gasteiger partial charge is 0.379 e. The molecule has 20 heavy (non-hydrogen) atoms. The molecule has 3 rings (SSSR count). The maximum atomic E-state index is 12.5. The van der Waals surface area contributed by atoms with E-state index in [1.807, 2.05) is 4.90 Å². The molecule has 1 unspecified atom stereocenters. The summed E-state index contributed by atoms with van der Waals surface area (Å²) in [4.78, 5) is 20.7. The van der Waals surface area contributed by atoms with Crippen LogP contribution in [0.25, 0.3) is 0 Å². The molecule has 1 aromatic rings. The lowest BCUT2D eigenvalue weighted by Crippen LogP contribution is -2.43. The first kappa shape index (κ1) is 13.5. The summed E-state index contributed by atoms with van der Waals surface area (Å²) in [6.07, 6.45) is 2.63. The predicted octanol–water partition coefficient (Wildman–Crippen LogP) is -0.391. The first-order valence-corrected chi connectivity index (χ1v) is 6.99. The van der Waals surface area contributed by atoms with E-state index in [9.17, 15) is 4.79 Å². The number of nitrogens with zero attached hydrogens (tertiary/aromatic N) is 5. The molecule has 1 atom stereocenters. The van der Waals surface area contributed by atoms with E-state index in [1.165, 1.54) is 0 Å². The average Bonchev–Trinajstić information content (AvgIpc) is 2.92. The zero-order chi connectivity index (χ0) is 14.2. The number of hydrogen-bond donors (Lipinski definition) is 0. The number of rotatable bonds is 1. The minimum absolute atomic E-state index is 0.0652. The van der Waals surface area contributed by atoms with Gasteiger partial charge in [0.1, 0.15) is 6.33 Å². The van der Waals surface area contributed by atoms with Crippen LogP contribution in [0.5, 0.6) is 0 Å². The van der Waals surface area contributed by atoms with Gasteiger partial charge in [0.15, 0.2) is 0 Å². The molecule has 0 radical (unpaired) electrons. The van der Waals surface area contributed by atoms with Gasteiger partial charge in [0.2, 0.25) is 5.82 Å². The van der Waals surface area contributed by atoms with Crippen LogP contribution in [0.3, 0.4) is 0 Å². The highest BCUT2D eigenvalue weighted by Crippen LogP contribution is 2.32. The fourth-order valence-electron chi connectivity index (χ4n) is 3.15. The number of amides is 1. The summed E-state index contributed by atoms with van der Waals surface area (Å²) < 4.78 is 7.29. The number of hydrogen-bond acceptors (Lipinski definition) is 5. The van der Waals surface area contributed by atoms with Crippen LogP contribution in [0.1, 0.15) is 17.0 Å². The number of aryl methyl sites for hydroxylation is 1. The van der Waals surface area contributed by atoms with Crippen molar-refractivity contribution in [3.63, 3.8) is 0 Å². The van der Waals surface area contributed by atoms with Crippen LogP contribution in [0.2, 0.25) is 0 Å². The maximum absolute atomic E-state index is 12.5. The first-order chi connectivity index (χ1) is 9.58. The third-order valence-corrected chi connectivity index (χ3v) is 4.15. The normalized spacial score (nSPS) is 28.0. The summed E-state index contributed by atoms with van der Waals surface area (Å²) in [5.74, 6) is 0.181. The van der Waals surface area contributed by atoms with E-state index in [0.29, 0.717) is 13.2 Å². The topological polar surface area (TPSA) is 63.5 Å². The van der Waals surface area contributed by atoms with Gasteiger partial charge in [-0.25, -0.2) is 4.98 Å². The first-order valence-electron chi connectivity index (χ1n) is 6.99. The minimum Gasteiger partial charge on any atom is -0.379 e. The summed E-state index contributed by atoms with van der Waals surface area (Å²) in [6, 6.07) is 0. The van der Waals surface area contributed by atoms with Gasteiger partial charge in [0.05, 0.1) is 13.2 Å². The Bertz CT molecular complexity index is 503. The molecule has 0 saturated carbocycles. The molecular formula is C13H21N5O2. The SMILES string of the molecule is CN1CCC2(COCCN(C(=O)c3ncn(C)n3)C2)C1. The van der Waals surface area contributed by atoms with E-state index >= 15 is 0 Å². The standard InChI is InChI=1S/C13H21N5O2/c1-16-4-3-13(7-16)8-18(5-6-20-9-13)12(19)11-14-10-17(2)15-11/h10H,3-9H2,1-2H3. The van der Waals surface area contributed by atoms with Crippen molar-refractivity contribution in [3.05, 3.63) is 12.2 Å². The van der Waals surface area contributed by atoms with Crippen molar-refractivity contribution in [2.24, 2.45) is 12.5 Å². The summed E-state index contributed by atoms with van der Waals surface area (Å²) in [5, 5.41) is 4.11. The van der Waals surface area contributed by atoms with E-state index in [-0.39, 0.29) is 17.1 Å². The molecule has 1 amide bonds. The molecule has 0 bridgehead atoms. The van der Waals surface area contributed by atoms with Crippen LogP contribution < -0.4 is 0 Å². The van der Waals surface area contributed by atoms with E-state index in [1.54, 1.807) is 18.1 Å². The fourth-order valence-corrected chi connectivity index (χ4v) is 3.15. The summed E-state index contributed by atoms with van der Waals surface area (Å²) >= 11 is 0. The Morgan fingerprint density at radius 2 is 2.20 bits per heavy atom. The minimum atomic E-state index is -0.0926. The molecule has 2 aliphatic rings. The average molecular weight is 279 g/mol. The second-order valence-electron chi connectivity index (χ2n) is 6.01. The quantitative estimate of drug-likeness (QED) is 0.700. The number of likely N-dealkylation sites (tertiary alicyclic amines) is 1. The van der Waals surface area contributed by atoms with Crippen LogP contribution in [0.15, 0.2) is 6.33 Å². The molecule has 0 aromatic carbocycles. The number of carbonyl (C=O) groups is 1. The van der Waals surface area contributed by atoms with Gasteiger partial charge in [0.25, 0.3) is 5.91 Å². The van der Waals surface area contributed by atoms with Gasteiger partial charge >= 0.3 is 0 Å². The molecule has 1 spiro atoms. The van der Waals surface area contributed by atoms with Gasteiger partial charge in [0, 0.05) is 32.1 Å². The van der Waals surface area contributed by atoms with Gasteiger partial charge in [-0.2, -0.15) is 0 Å². The maximum Gasteiger partial charge on any atom is 0.293 e. The van der Waals surface area contributed by atoms with E-state index in [2.05, 4.69) is 22.0 Å². The lowest BCUT2D eigenvalue weighted by atomic mass is 9.87. The molecule has 110 valence electrons. The summed E-state index contributed by atoms with van der Waals surface area (Å²) in [7, 11) is 3.88. The van der Waals surface area contributed by atoms with Gasteiger partial charge in [-0.15, -0.1) is 5.10 Å². The molecule has 3 heterocycles. The van der Waals surface area contributed by atoms with E-state index < -0.39 is 0 Å². The molecule has 1 aromatic heterocycles. The van der Waals surface area contributed by atoms with E-state index in [0.717, 1.165) is 32.7 Å². The van der Waals surface area contributed by atoms with Crippen LogP contribution in [-0.4, -0.2) is 76.9 Å². The third-order valence-electron chi connectivity index (χ3n) is 4.15. The Balaban J connectivity index is 1.77.